The van der Waals surface area contributed by atoms with Gasteiger partial charge in [-0.25, -0.2) is 0 Å². The standard InChI is InChI=1S/C14H17N3O2S2/c1-7-8(2)21-12-11(7)13(19)17(14(20)16-12)6-5-10(18)15-9-3-4-9/h9H,3-6H2,1-2H3,(H,15,18)(H,16,20). The summed E-state index contributed by atoms with van der Waals surface area (Å²) in [6.45, 7) is 4.25. The highest BCUT2D eigenvalue weighted by molar-refractivity contribution is 7.71. The van der Waals surface area contributed by atoms with Crippen molar-refractivity contribution in [3.05, 3.63) is 25.6 Å². The van der Waals surface area contributed by atoms with Gasteiger partial charge in [0.15, 0.2) is 4.77 Å². The van der Waals surface area contributed by atoms with Gasteiger partial charge in [0.05, 0.1) is 5.39 Å². The van der Waals surface area contributed by atoms with Crippen LogP contribution in [-0.2, 0) is 11.3 Å². The molecular formula is C14H17N3O2S2. The molecule has 0 aromatic carbocycles. The van der Waals surface area contributed by atoms with Gasteiger partial charge in [-0.3, -0.25) is 14.2 Å². The van der Waals surface area contributed by atoms with E-state index in [4.69, 9.17) is 12.2 Å². The molecule has 2 aromatic heterocycles. The van der Waals surface area contributed by atoms with Gasteiger partial charge in [0.25, 0.3) is 5.56 Å². The SMILES string of the molecule is Cc1sc2[nH]c(=S)n(CCC(=O)NC3CC3)c(=O)c2c1C. The Bertz CT molecular complexity index is 827. The molecule has 0 unspecified atom stereocenters. The van der Waals surface area contributed by atoms with Crippen LogP contribution in [0, 0.1) is 18.6 Å². The molecule has 0 spiro atoms. The quantitative estimate of drug-likeness (QED) is 0.849. The van der Waals surface area contributed by atoms with Crippen LogP contribution in [0.1, 0.15) is 29.7 Å². The number of nitrogens with zero attached hydrogens (tertiary/aromatic N) is 1. The van der Waals surface area contributed by atoms with Crippen LogP contribution in [0.25, 0.3) is 10.2 Å². The Hall–Kier alpha value is -1.47. The zero-order valence-corrected chi connectivity index (χ0v) is 13.6. The lowest BCUT2D eigenvalue weighted by Crippen LogP contribution is -2.29. The number of carbonyl (C=O) groups excluding carboxylic acids is 1. The number of aromatic nitrogens is 2. The van der Waals surface area contributed by atoms with Gasteiger partial charge < -0.3 is 10.3 Å². The summed E-state index contributed by atoms with van der Waals surface area (Å²) in [6, 6.07) is 0.341. The van der Waals surface area contributed by atoms with Gasteiger partial charge in [0, 0.05) is 23.9 Å². The minimum atomic E-state index is -0.102. The first-order chi connectivity index (χ1) is 9.97. The second-order valence-corrected chi connectivity index (χ2v) is 7.08. The van der Waals surface area contributed by atoms with Crippen molar-refractivity contribution in [1.82, 2.24) is 14.9 Å². The Morgan fingerprint density at radius 3 is 2.86 bits per heavy atom. The number of thiophene rings is 1. The number of fused-ring (bicyclic) bond motifs is 1. The van der Waals surface area contributed by atoms with Gasteiger partial charge in [-0.15, -0.1) is 11.3 Å². The molecule has 2 heterocycles. The van der Waals surface area contributed by atoms with Gasteiger partial charge in [-0.05, 0) is 44.5 Å². The minimum Gasteiger partial charge on any atom is -0.353 e. The van der Waals surface area contributed by atoms with Crippen LogP contribution in [0.5, 0.6) is 0 Å². The molecule has 0 radical (unpaired) electrons. The molecule has 1 amide bonds. The molecule has 0 saturated heterocycles. The lowest BCUT2D eigenvalue weighted by Gasteiger charge is -2.07. The Morgan fingerprint density at radius 2 is 2.19 bits per heavy atom. The van der Waals surface area contributed by atoms with Crippen molar-refractivity contribution in [2.45, 2.75) is 45.7 Å². The van der Waals surface area contributed by atoms with E-state index in [1.165, 1.54) is 4.57 Å². The third-order valence-electron chi connectivity index (χ3n) is 3.81. The minimum absolute atomic E-state index is 0.0166. The number of carbonyl (C=O) groups is 1. The van der Waals surface area contributed by atoms with E-state index in [-0.39, 0.29) is 17.9 Å². The van der Waals surface area contributed by atoms with E-state index in [0.717, 1.165) is 28.1 Å². The van der Waals surface area contributed by atoms with Crippen LogP contribution < -0.4 is 10.9 Å². The second-order valence-electron chi connectivity index (χ2n) is 5.47. The monoisotopic (exact) mass is 323 g/mol. The van der Waals surface area contributed by atoms with Crippen molar-refractivity contribution in [3.8, 4) is 0 Å². The van der Waals surface area contributed by atoms with Crippen LogP contribution in [0.3, 0.4) is 0 Å². The van der Waals surface area contributed by atoms with E-state index in [9.17, 15) is 9.59 Å². The average Bonchev–Trinajstić information content (AvgIpc) is 3.16. The van der Waals surface area contributed by atoms with E-state index < -0.39 is 0 Å². The largest absolute Gasteiger partial charge is 0.353 e. The lowest BCUT2D eigenvalue weighted by atomic mass is 10.2. The average molecular weight is 323 g/mol. The number of nitrogens with one attached hydrogen (secondary N) is 2. The highest BCUT2D eigenvalue weighted by Gasteiger charge is 2.23. The number of H-pyrrole nitrogens is 1. The first-order valence-corrected chi connectivity index (χ1v) is 8.22. The molecule has 2 aromatic rings. The van der Waals surface area contributed by atoms with Crippen LogP contribution in [-0.4, -0.2) is 21.5 Å². The molecule has 1 saturated carbocycles. The summed E-state index contributed by atoms with van der Waals surface area (Å²) in [5.74, 6) is -0.0166. The van der Waals surface area contributed by atoms with E-state index in [2.05, 4.69) is 10.3 Å². The number of aromatic amines is 1. The summed E-state index contributed by atoms with van der Waals surface area (Å²) in [4.78, 5) is 29.4. The van der Waals surface area contributed by atoms with Gasteiger partial charge in [-0.1, -0.05) is 0 Å². The van der Waals surface area contributed by atoms with Crippen molar-refractivity contribution in [2.75, 3.05) is 0 Å². The Balaban J connectivity index is 1.90. The summed E-state index contributed by atoms with van der Waals surface area (Å²) in [5, 5.41) is 3.61. The van der Waals surface area contributed by atoms with Crippen molar-refractivity contribution < 1.29 is 4.79 Å². The molecule has 1 aliphatic carbocycles. The maximum atomic E-state index is 12.6. The van der Waals surface area contributed by atoms with Crippen LogP contribution in [0.15, 0.2) is 4.79 Å². The predicted octanol–water partition coefficient (Wildman–Crippen LogP) is 2.41. The molecule has 1 aliphatic rings. The number of amides is 1. The number of hydrogen-bond acceptors (Lipinski definition) is 4. The van der Waals surface area contributed by atoms with Gasteiger partial charge in [0.2, 0.25) is 5.91 Å². The second kappa shape index (κ2) is 5.38. The first-order valence-electron chi connectivity index (χ1n) is 6.99. The number of hydrogen-bond donors (Lipinski definition) is 2. The number of aryl methyl sites for hydroxylation is 2. The van der Waals surface area contributed by atoms with E-state index in [1.807, 2.05) is 13.8 Å². The summed E-state index contributed by atoms with van der Waals surface area (Å²) in [6.07, 6.45) is 2.40. The summed E-state index contributed by atoms with van der Waals surface area (Å²) in [7, 11) is 0. The van der Waals surface area contributed by atoms with Gasteiger partial charge in [-0.2, -0.15) is 0 Å². The van der Waals surface area contributed by atoms with E-state index >= 15 is 0 Å². The molecule has 5 nitrogen and oxygen atoms in total. The number of rotatable bonds is 4. The molecule has 3 rings (SSSR count). The van der Waals surface area contributed by atoms with Gasteiger partial charge in [0.1, 0.15) is 4.83 Å². The van der Waals surface area contributed by atoms with Crippen molar-refractivity contribution in [3.63, 3.8) is 0 Å². The molecule has 112 valence electrons. The summed E-state index contributed by atoms with van der Waals surface area (Å²) in [5.41, 5.74) is 0.886. The lowest BCUT2D eigenvalue weighted by molar-refractivity contribution is -0.121. The highest BCUT2D eigenvalue weighted by atomic mass is 32.1. The molecule has 0 aliphatic heterocycles. The topological polar surface area (TPSA) is 66.9 Å². The fourth-order valence-electron chi connectivity index (χ4n) is 2.31. The zero-order chi connectivity index (χ0) is 15.1. The molecule has 2 N–H and O–H groups in total. The smallest absolute Gasteiger partial charge is 0.263 e. The molecule has 0 bridgehead atoms. The third-order valence-corrected chi connectivity index (χ3v) is 5.26. The van der Waals surface area contributed by atoms with Crippen molar-refractivity contribution in [2.24, 2.45) is 0 Å². The third kappa shape index (κ3) is 2.80. The zero-order valence-electron chi connectivity index (χ0n) is 12.0. The van der Waals surface area contributed by atoms with Crippen LogP contribution in [0.2, 0.25) is 0 Å². The van der Waals surface area contributed by atoms with Crippen molar-refractivity contribution in [1.29, 1.82) is 0 Å². The van der Waals surface area contributed by atoms with E-state index in [0.29, 0.717) is 22.7 Å². The Morgan fingerprint density at radius 1 is 1.48 bits per heavy atom. The van der Waals surface area contributed by atoms with Crippen LogP contribution in [0.4, 0.5) is 0 Å². The Kier molecular flexibility index (Phi) is 3.71. The van der Waals surface area contributed by atoms with Crippen LogP contribution >= 0.6 is 23.6 Å². The van der Waals surface area contributed by atoms with Crippen molar-refractivity contribution >= 4 is 39.7 Å². The molecule has 1 fully saturated rings. The molecule has 7 heteroatoms. The first kappa shape index (κ1) is 14.5. The highest BCUT2D eigenvalue weighted by Crippen LogP contribution is 2.25. The fraction of sp³-hybridized carbons (Fsp3) is 0.500. The summed E-state index contributed by atoms with van der Waals surface area (Å²) >= 11 is 6.80. The molecule has 0 atom stereocenters. The molecule has 21 heavy (non-hydrogen) atoms. The maximum absolute atomic E-state index is 12.6. The summed E-state index contributed by atoms with van der Waals surface area (Å²) < 4.78 is 1.87. The van der Waals surface area contributed by atoms with Gasteiger partial charge >= 0.3 is 0 Å². The predicted molar refractivity (Wildman–Crippen MR) is 86.5 cm³/mol. The normalized spacial score (nSPS) is 14.6. The Labute approximate surface area is 131 Å². The molecular weight excluding hydrogens is 306 g/mol. The fourth-order valence-corrected chi connectivity index (χ4v) is 3.70. The maximum Gasteiger partial charge on any atom is 0.263 e. The van der Waals surface area contributed by atoms with E-state index in [1.54, 1.807) is 11.3 Å².